The Hall–Kier alpha value is -2.71. The number of carboxylic acid groups (broad SMARTS) is 1. The molecule has 2 atom stereocenters. The van der Waals surface area contributed by atoms with E-state index in [-0.39, 0.29) is 36.2 Å². The van der Waals surface area contributed by atoms with Crippen molar-refractivity contribution in [3.05, 3.63) is 48.6 Å². The summed E-state index contributed by atoms with van der Waals surface area (Å²) in [6, 6.07) is -0.619. The van der Waals surface area contributed by atoms with Crippen LogP contribution in [0.25, 0.3) is 0 Å². The second kappa shape index (κ2) is 41.0. The number of carboxylic acids is 1. The molecule has 58 heavy (non-hydrogen) atoms. The lowest BCUT2D eigenvalue weighted by molar-refractivity contribution is -0.887. The van der Waals surface area contributed by atoms with E-state index in [4.69, 9.17) is 14.2 Å². The molecule has 8 nitrogen and oxygen atoms in total. The zero-order chi connectivity index (χ0) is 42.8. The molecule has 0 radical (unpaired) electrons. The molecule has 0 aromatic carbocycles. The van der Waals surface area contributed by atoms with Crippen molar-refractivity contribution in [1.82, 2.24) is 0 Å². The van der Waals surface area contributed by atoms with E-state index in [1.807, 2.05) is 21.1 Å². The topological polar surface area (TPSA) is 99.1 Å². The largest absolute Gasteiger partial charge is 0.477 e. The summed E-state index contributed by atoms with van der Waals surface area (Å²) in [5, 5.41) is 9.63. The Bertz CT molecular complexity index is 1090. The van der Waals surface area contributed by atoms with Gasteiger partial charge in [0.05, 0.1) is 34.4 Å². The number of aliphatic carboxylic acids is 1. The van der Waals surface area contributed by atoms with E-state index in [1.165, 1.54) is 89.9 Å². The van der Waals surface area contributed by atoms with Gasteiger partial charge in [-0.15, -0.1) is 0 Å². The predicted octanol–water partition coefficient (Wildman–Crippen LogP) is 13.2. The van der Waals surface area contributed by atoms with E-state index < -0.39 is 18.1 Å². The molecule has 0 heterocycles. The van der Waals surface area contributed by atoms with Gasteiger partial charge in [0.1, 0.15) is 6.61 Å². The number of carbonyl (C=O) groups excluding carboxylic acids is 2. The van der Waals surface area contributed by atoms with Gasteiger partial charge in [-0.3, -0.25) is 9.59 Å². The Morgan fingerprint density at radius 3 is 1.43 bits per heavy atom. The number of nitrogens with zero attached hydrogens (tertiary/aromatic N) is 1. The van der Waals surface area contributed by atoms with Crippen molar-refractivity contribution in [3.63, 3.8) is 0 Å². The van der Waals surface area contributed by atoms with Crippen molar-refractivity contribution in [2.45, 2.75) is 212 Å². The van der Waals surface area contributed by atoms with Gasteiger partial charge in [0.15, 0.2) is 12.1 Å². The Balaban J connectivity index is 4.33. The Kier molecular flexibility index (Phi) is 39.1. The van der Waals surface area contributed by atoms with Gasteiger partial charge in [-0.05, 0) is 51.4 Å². The molecule has 0 aromatic heterocycles. The van der Waals surface area contributed by atoms with Crippen LogP contribution in [0.5, 0.6) is 0 Å². The first-order valence-corrected chi connectivity index (χ1v) is 23.7. The third kappa shape index (κ3) is 38.8. The molecule has 0 aromatic rings. The molecule has 336 valence electrons. The van der Waals surface area contributed by atoms with Crippen LogP contribution in [-0.2, 0) is 28.6 Å². The molecule has 0 amide bonds. The van der Waals surface area contributed by atoms with E-state index >= 15 is 0 Å². The number of carbonyl (C=O) groups is 3. The van der Waals surface area contributed by atoms with E-state index in [2.05, 4.69) is 62.5 Å². The lowest BCUT2D eigenvalue weighted by atomic mass is 10.0. The molecule has 2 unspecified atom stereocenters. The van der Waals surface area contributed by atoms with Crippen molar-refractivity contribution < 1.29 is 38.2 Å². The number of hydrogen-bond donors (Lipinski definition) is 1. The molecule has 1 N–H and O–H groups in total. The molecular weight excluding hydrogens is 727 g/mol. The van der Waals surface area contributed by atoms with Gasteiger partial charge in [0.2, 0.25) is 0 Å². The average molecular weight is 817 g/mol. The third-order valence-corrected chi connectivity index (χ3v) is 10.5. The summed E-state index contributed by atoms with van der Waals surface area (Å²) >= 11 is 0. The number of unbranched alkanes of at least 4 members (excludes halogenated alkanes) is 20. The second-order valence-electron chi connectivity index (χ2n) is 17.0. The molecule has 8 heteroatoms. The fourth-order valence-corrected chi connectivity index (χ4v) is 6.85. The fourth-order valence-electron chi connectivity index (χ4n) is 6.85. The van der Waals surface area contributed by atoms with Gasteiger partial charge in [-0.2, -0.15) is 0 Å². The minimum atomic E-state index is -0.879. The minimum Gasteiger partial charge on any atom is -0.477 e. The maximum Gasteiger partial charge on any atom is 0.362 e. The molecule has 0 rings (SSSR count). The highest BCUT2D eigenvalue weighted by atomic mass is 16.6. The smallest absolute Gasteiger partial charge is 0.362 e. The maximum atomic E-state index is 12.7. The fraction of sp³-hybridized carbons (Fsp3) is 0.780. The Morgan fingerprint density at radius 2 is 0.966 bits per heavy atom. The molecule has 0 saturated carbocycles. The van der Waals surface area contributed by atoms with E-state index in [0.29, 0.717) is 19.3 Å². The van der Waals surface area contributed by atoms with Crippen molar-refractivity contribution in [2.75, 3.05) is 41.0 Å². The first-order valence-electron chi connectivity index (χ1n) is 23.7. The van der Waals surface area contributed by atoms with Crippen molar-refractivity contribution in [3.8, 4) is 0 Å². The quantitative estimate of drug-likeness (QED) is 0.0283. The lowest BCUT2D eigenvalue weighted by Crippen LogP contribution is -2.50. The zero-order valence-electron chi connectivity index (χ0n) is 38.2. The summed E-state index contributed by atoms with van der Waals surface area (Å²) in [7, 11) is 5.52. The number of quaternary nitrogens is 1. The van der Waals surface area contributed by atoms with Crippen LogP contribution in [0.3, 0.4) is 0 Å². The molecular formula is C50H90NO7+. The van der Waals surface area contributed by atoms with E-state index in [1.54, 1.807) is 0 Å². The number of esters is 2. The zero-order valence-corrected chi connectivity index (χ0v) is 38.2. The van der Waals surface area contributed by atoms with Crippen LogP contribution in [0.1, 0.15) is 200 Å². The van der Waals surface area contributed by atoms with Crippen LogP contribution in [0, 0.1) is 0 Å². The number of ether oxygens (including phenoxy) is 3. The predicted molar refractivity (Wildman–Crippen MR) is 243 cm³/mol. The number of rotatable bonds is 42. The van der Waals surface area contributed by atoms with Gasteiger partial charge in [-0.25, -0.2) is 4.79 Å². The number of allylic oxidation sites excluding steroid dienone is 8. The molecule has 0 fully saturated rings. The highest BCUT2D eigenvalue weighted by Gasteiger charge is 2.31. The molecule has 0 aliphatic carbocycles. The summed E-state index contributed by atoms with van der Waals surface area (Å²) in [5.74, 6) is -1.49. The summed E-state index contributed by atoms with van der Waals surface area (Å²) in [4.78, 5) is 37.1. The van der Waals surface area contributed by atoms with Crippen LogP contribution >= 0.6 is 0 Å². The van der Waals surface area contributed by atoms with Gasteiger partial charge in [-0.1, -0.05) is 178 Å². The normalized spacial score (nSPS) is 13.3. The standard InChI is InChI=1S/C50H89NO7/c1-6-8-10-12-14-16-18-20-22-24-26-28-30-32-34-36-38-40-48(52)57-45-46(44-56-43-42-47(50(54)55)51(3,4)5)58-49(53)41-39-37-35-33-31-29-27-25-23-21-19-17-15-13-11-9-7-2/h9,11,15,17,21,23,27,29,46-47H,6-8,10,12-14,16,18-20,22,24-26,28,30-45H2,1-5H3/p+1/b11-9-,17-15-,23-21-,29-27-. The van der Waals surface area contributed by atoms with Gasteiger partial charge >= 0.3 is 17.9 Å². The van der Waals surface area contributed by atoms with Gasteiger partial charge < -0.3 is 23.8 Å². The minimum absolute atomic E-state index is 0.0521. The van der Waals surface area contributed by atoms with Crippen LogP contribution in [0.2, 0.25) is 0 Å². The average Bonchev–Trinajstić information content (AvgIpc) is 3.18. The highest BCUT2D eigenvalue weighted by Crippen LogP contribution is 2.15. The third-order valence-electron chi connectivity index (χ3n) is 10.5. The van der Waals surface area contributed by atoms with Crippen LogP contribution in [-0.4, -0.2) is 80.6 Å². The van der Waals surface area contributed by atoms with Gasteiger partial charge in [0.25, 0.3) is 0 Å². The first kappa shape index (κ1) is 55.3. The van der Waals surface area contributed by atoms with Crippen LogP contribution in [0.4, 0.5) is 0 Å². The monoisotopic (exact) mass is 817 g/mol. The highest BCUT2D eigenvalue weighted by molar-refractivity contribution is 5.72. The number of likely N-dealkylation sites (N-methyl/N-ethyl adjacent to an activating group) is 1. The maximum absolute atomic E-state index is 12.7. The SMILES string of the molecule is CC/C=C\C/C=C\C/C=C\C/C=C\CCCCCCC(=O)OC(COCCC(C(=O)O)[N+](C)(C)C)COC(=O)CCCCCCCCCCCCCCCCCCC. The Morgan fingerprint density at radius 1 is 0.534 bits per heavy atom. The van der Waals surface area contributed by atoms with Crippen LogP contribution < -0.4 is 0 Å². The first-order chi connectivity index (χ1) is 28.1. The lowest BCUT2D eigenvalue weighted by Gasteiger charge is -2.31. The number of hydrogen-bond acceptors (Lipinski definition) is 6. The molecule has 0 aliphatic heterocycles. The molecule has 0 spiro atoms. The molecule has 0 aliphatic rings. The van der Waals surface area contributed by atoms with Gasteiger partial charge in [0, 0.05) is 19.3 Å². The van der Waals surface area contributed by atoms with Crippen LogP contribution in [0.15, 0.2) is 48.6 Å². The Labute approximate surface area is 356 Å². The van der Waals surface area contributed by atoms with E-state index in [0.717, 1.165) is 77.0 Å². The van der Waals surface area contributed by atoms with E-state index in [9.17, 15) is 19.5 Å². The van der Waals surface area contributed by atoms with Crippen molar-refractivity contribution in [1.29, 1.82) is 0 Å². The van der Waals surface area contributed by atoms with Crippen molar-refractivity contribution in [2.24, 2.45) is 0 Å². The molecule has 0 saturated heterocycles. The summed E-state index contributed by atoms with van der Waals surface area (Å²) in [6.07, 6.45) is 48.7. The summed E-state index contributed by atoms with van der Waals surface area (Å²) in [5.41, 5.74) is 0. The summed E-state index contributed by atoms with van der Waals surface area (Å²) < 4.78 is 17.3. The van der Waals surface area contributed by atoms with Crippen molar-refractivity contribution >= 4 is 17.9 Å². The summed E-state index contributed by atoms with van der Waals surface area (Å²) in [6.45, 7) is 4.61. The molecule has 0 bridgehead atoms. The second-order valence-corrected chi connectivity index (χ2v) is 17.0.